The number of hydrogen-bond acceptors (Lipinski definition) is 4. The summed E-state index contributed by atoms with van der Waals surface area (Å²) in [6.45, 7) is 0. The number of carbonyl (C=O) groups is 2. The van der Waals surface area contributed by atoms with E-state index in [1.807, 2.05) is 31.3 Å². The first-order chi connectivity index (χ1) is 12.6. The summed E-state index contributed by atoms with van der Waals surface area (Å²) in [5.41, 5.74) is 3.74. The van der Waals surface area contributed by atoms with Gasteiger partial charge in [-0.15, -0.1) is 0 Å². The fourth-order valence-corrected chi connectivity index (χ4v) is 3.36. The Labute approximate surface area is 150 Å². The molecule has 2 heterocycles. The van der Waals surface area contributed by atoms with Gasteiger partial charge in [0.05, 0.1) is 17.1 Å². The Kier molecular flexibility index (Phi) is 3.77. The minimum atomic E-state index is -0.983. The van der Waals surface area contributed by atoms with E-state index in [1.54, 1.807) is 22.8 Å². The molecule has 6 heteroatoms. The second kappa shape index (κ2) is 6.12. The van der Waals surface area contributed by atoms with Gasteiger partial charge in [-0.25, -0.2) is 4.98 Å². The van der Waals surface area contributed by atoms with Gasteiger partial charge in [0.2, 0.25) is 5.91 Å². The number of aryl methyl sites for hydroxylation is 2. The number of fused-ring (bicyclic) bond motifs is 2. The molecule has 2 aromatic carbocycles. The van der Waals surface area contributed by atoms with E-state index in [0.29, 0.717) is 24.2 Å². The van der Waals surface area contributed by atoms with Gasteiger partial charge >= 0.3 is 0 Å². The van der Waals surface area contributed by atoms with E-state index in [1.165, 1.54) is 0 Å². The van der Waals surface area contributed by atoms with Crippen molar-refractivity contribution in [2.45, 2.75) is 18.8 Å². The summed E-state index contributed by atoms with van der Waals surface area (Å²) in [6, 6.07) is 14.8. The molecule has 1 aromatic heterocycles. The lowest BCUT2D eigenvalue weighted by Crippen LogP contribution is -2.20. The molecule has 0 fully saturated rings. The van der Waals surface area contributed by atoms with Crippen LogP contribution >= 0.6 is 0 Å². The number of hydrogen-bond donors (Lipinski definition) is 1. The summed E-state index contributed by atoms with van der Waals surface area (Å²) >= 11 is 0. The quantitative estimate of drug-likeness (QED) is 0.740. The molecule has 0 saturated carbocycles. The average Bonchev–Trinajstić information content (AvgIpc) is 2.99. The number of nitrogens with one attached hydrogen (secondary N) is 1. The van der Waals surface area contributed by atoms with Gasteiger partial charge in [-0.3, -0.25) is 9.59 Å². The Morgan fingerprint density at radius 3 is 2.85 bits per heavy atom. The SMILES string of the molecule is Cn1c([C@H](C#N)C(=O)c2ccc3c(c2)CCC(=O)N3)nc2ccccc21. The largest absolute Gasteiger partial charge is 0.330 e. The highest BCUT2D eigenvalue weighted by Gasteiger charge is 2.28. The number of rotatable bonds is 3. The second-order valence-electron chi connectivity index (χ2n) is 6.36. The van der Waals surface area contributed by atoms with Crippen molar-refractivity contribution in [2.24, 2.45) is 7.05 Å². The predicted octanol–water partition coefficient (Wildman–Crippen LogP) is 2.95. The van der Waals surface area contributed by atoms with Crippen LogP contribution in [0, 0.1) is 11.3 Å². The van der Waals surface area contributed by atoms with Gasteiger partial charge in [0.15, 0.2) is 11.7 Å². The van der Waals surface area contributed by atoms with Crippen LogP contribution in [0.4, 0.5) is 5.69 Å². The number of nitrogens with zero attached hydrogens (tertiary/aromatic N) is 3. The average molecular weight is 344 g/mol. The van der Waals surface area contributed by atoms with E-state index in [4.69, 9.17) is 0 Å². The molecule has 0 radical (unpaired) electrons. The number of carbonyl (C=O) groups excluding carboxylic acids is 2. The minimum Gasteiger partial charge on any atom is -0.330 e. The van der Waals surface area contributed by atoms with E-state index in [9.17, 15) is 14.9 Å². The Morgan fingerprint density at radius 2 is 2.08 bits per heavy atom. The maximum absolute atomic E-state index is 13.0. The van der Waals surface area contributed by atoms with Crippen molar-refractivity contribution in [3.8, 4) is 6.07 Å². The van der Waals surface area contributed by atoms with Crippen LogP contribution < -0.4 is 5.32 Å². The standard InChI is InChI=1S/C20H16N4O2/c1-24-17-5-3-2-4-16(17)23-20(24)14(11-21)19(26)13-6-8-15-12(10-13)7-9-18(25)22-15/h2-6,8,10,14H,7,9H2,1H3,(H,22,25)/t14-/m1/s1. The third-order valence-corrected chi connectivity index (χ3v) is 4.76. The zero-order chi connectivity index (χ0) is 18.3. The van der Waals surface area contributed by atoms with Crippen molar-refractivity contribution in [3.63, 3.8) is 0 Å². The maximum Gasteiger partial charge on any atom is 0.224 e. The molecular weight excluding hydrogens is 328 g/mol. The fourth-order valence-electron chi connectivity index (χ4n) is 3.36. The highest BCUT2D eigenvalue weighted by Crippen LogP contribution is 2.28. The number of nitriles is 1. The van der Waals surface area contributed by atoms with Crippen molar-refractivity contribution in [3.05, 3.63) is 59.4 Å². The molecule has 0 unspecified atom stereocenters. The first-order valence-electron chi connectivity index (χ1n) is 8.36. The number of ketones is 1. The van der Waals surface area contributed by atoms with Crippen molar-refractivity contribution < 1.29 is 9.59 Å². The Bertz CT molecular complexity index is 1090. The lowest BCUT2D eigenvalue weighted by Gasteiger charge is -2.18. The number of anilines is 1. The van der Waals surface area contributed by atoms with Gasteiger partial charge in [-0.1, -0.05) is 12.1 Å². The predicted molar refractivity (Wildman–Crippen MR) is 96.8 cm³/mol. The molecule has 26 heavy (non-hydrogen) atoms. The molecule has 6 nitrogen and oxygen atoms in total. The minimum absolute atomic E-state index is 0.0221. The molecule has 1 aliphatic rings. The summed E-state index contributed by atoms with van der Waals surface area (Å²) in [7, 11) is 1.81. The highest BCUT2D eigenvalue weighted by molar-refractivity contribution is 6.04. The van der Waals surface area contributed by atoms with Crippen LogP contribution in [-0.4, -0.2) is 21.2 Å². The summed E-state index contributed by atoms with van der Waals surface area (Å²) < 4.78 is 1.79. The first kappa shape index (κ1) is 16.0. The third-order valence-electron chi connectivity index (χ3n) is 4.76. The first-order valence-corrected chi connectivity index (χ1v) is 8.36. The Balaban J connectivity index is 1.73. The molecule has 1 aliphatic heterocycles. The molecule has 0 saturated heterocycles. The fraction of sp³-hybridized carbons (Fsp3) is 0.200. The molecule has 4 rings (SSSR count). The molecule has 1 atom stereocenters. The molecular formula is C20H16N4O2. The van der Waals surface area contributed by atoms with Crippen LogP contribution in [0.2, 0.25) is 0 Å². The van der Waals surface area contributed by atoms with Crippen LogP contribution in [0.15, 0.2) is 42.5 Å². The van der Waals surface area contributed by atoms with Crippen LogP contribution in [0.5, 0.6) is 0 Å². The lowest BCUT2D eigenvalue weighted by atomic mass is 9.93. The van der Waals surface area contributed by atoms with Crippen LogP contribution in [-0.2, 0) is 18.3 Å². The smallest absolute Gasteiger partial charge is 0.224 e. The Morgan fingerprint density at radius 1 is 1.27 bits per heavy atom. The molecule has 1 amide bonds. The lowest BCUT2D eigenvalue weighted by molar-refractivity contribution is -0.116. The van der Waals surface area contributed by atoms with Gasteiger partial charge in [0, 0.05) is 24.7 Å². The zero-order valence-corrected chi connectivity index (χ0v) is 14.2. The number of para-hydroxylation sites is 2. The van der Waals surface area contributed by atoms with E-state index >= 15 is 0 Å². The normalized spacial score (nSPS) is 14.4. The molecule has 0 spiro atoms. The molecule has 0 bridgehead atoms. The molecule has 0 aliphatic carbocycles. The van der Waals surface area contributed by atoms with Gasteiger partial charge in [0.25, 0.3) is 0 Å². The third kappa shape index (κ3) is 2.54. The van der Waals surface area contributed by atoms with Gasteiger partial charge in [0.1, 0.15) is 5.82 Å². The summed E-state index contributed by atoms with van der Waals surface area (Å²) in [5, 5.41) is 12.4. The van der Waals surface area contributed by atoms with Gasteiger partial charge in [-0.2, -0.15) is 5.26 Å². The van der Waals surface area contributed by atoms with Crippen molar-refractivity contribution >= 4 is 28.4 Å². The van der Waals surface area contributed by atoms with E-state index in [0.717, 1.165) is 22.3 Å². The van der Waals surface area contributed by atoms with Crippen LogP contribution in [0.1, 0.15) is 34.1 Å². The van der Waals surface area contributed by atoms with Crippen LogP contribution in [0.3, 0.4) is 0 Å². The number of aromatic nitrogens is 2. The highest BCUT2D eigenvalue weighted by atomic mass is 16.1. The van der Waals surface area contributed by atoms with E-state index < -0.39 is 5.92 Å². The zero-order valence-electron chi connectivity index (χ0n) is 14.2. The van der Waals surface area contributed by atoms with Crippen molar-refractivity contribution in [2.75, 3.05) is 5.32 Å². The number of imidazole rings is 1. The second-order valence-corrected chi connectivity index (χ2v) is 6.36. The number of Topliss-reactive ketones (excluding diaryl/α,β-unsaturated/α-hetero) is 1. The topological polar surface area (TPSA) is 87.8 Å². The molecule has 128 valence electrons. The van der Waals surface area contributed by atoms with Gasteiger partial charge < -0.3 is 9.88 Å². The molecule has 1 N–H and O–H groups in total. The summed E-state index contributed by atoms with van der Waals surface area (Å²) in [5.74, 6) is -0.856. The monoisotopic (exact) mass is 344 g/mol. The maximum atomic E-state index is 13.0. The summed E-state index contributed by atoms with van der Waals surface area (Å²) in [6.07, 6.45) is 0.989. The Hall–Kier alpha value is -3.46. The van der Waals surface area contributed by atoms with E-state index in [2.05, 4.69) is 16.4 Å². The summed E-state index contributed by atoms with van der Waals surface area (Å²) in [4.78, 5) is 29.0. The number of amides is 1. The van der Waals surface area contributed by atoms with E-state index in [-0.39, 0.29) is 11.7 Å². The molecule has 3 aromatic rings. The number of benzene rings is 2. The van der Waals surface area contributed by atoms with Gasteiger partial charge in [-0.05, 0) is 42.3 Å². The van der Waals surface area contributed by atoms with Crippen molar-refractivity contribution in [1.82, 2.24) is 9.55 Å². The van der Waals surface area contributed by atoms with Crippen molar-refractivity contribution in [1.29, 1.82) is 5.26 Å². The van der Waals surface area contributed by atoms with Crippen LogP contribution in [0.25, 0.3) is 11.0 Å².